The van der Waals surface area contributed by atoms with Crippen LogP contribution in [0.25, 0.3) is 0 Å². The Hall–Kier alpha value is -3.72. The highest BCUT2D eigenvalue weighted by molar-refractivity contribution is 5.94. The average Bonchev–Trinajstić information content (AvgIpc) is 3.31. The first kappa shape index (κ1) is 21.1. The summed E-state index contributed by atoms with van der Waals surface area (Å²) in [6.07, 6.45) is 7.33. The molecule has 2 aliphatic heterocycles. The average molecular weight is 447 g/mol. The monoisotopic (exact) mass is 446 g/mol. The Morgan fingerprint density at radius 2 is 1.82 bits per heavy atom. The minimum absolute atomic E-state index is 0.134. The second-order valence-electron chi connectivity index (χ2n) is 8.46. The minimum Gasteiger partial charge on any atom is -0.352 e. The van der Waals surface area contributed by atoms with Gasteiger partial charge in [0, 0.05) is 62.1 Å². The van der Waals surface area contributed by atoms with Gasteiger partial charge >= 0.3 is 6.03 Å². The van der Waals surface area contributed by atoms with Crippen molar-refractivity contribution >= 4 is 23.3 Å². The molecule has 1 unspecified atom stereocenters. The zero-order chi connectivity index (χ0) is 22.8. The zero-order valence-electron chi connectivity index (χ0n) is 18.4. The van der Waals surface area contributed by atoms with Gasteiger partial charge in [-0.25, -0.2) is 9.78 Å². The molecule has 2 aromatic heterocycles. The van der Waals surface area contributed by atoms with Crippen molar-refractivity contribution in [3.8, 4) is 0 Å². The smallest absolute Gasteiger partial charge is 0.321 e. The second kappa shape index (κ2) is 8.67. The first-order chi connectivity index (χ1) is 16.0. The van der Waals surface area contributed by atoms with E-state index in [1.165, 1.54) is 0 Å². The number of fused-ring (bicyclic) bond motifs is 2. The van der Waals surface area contributed by atoms with Gasteiger partial charge in [-0.2, -0.15) is 0 Å². The summed E-state index contributed by atoms with van der Waals surface area (Å²) in [6.45, 7) is 3.37. The molecule has 5 rings (SSSR count). The number of nitrogens with zero attached hydrogens (tertiary/aromatic N) is 4. The molecule has 170 valence electrons. The third-order valence-corrected chi connectivity index (χ3v) is 6.34. The molecule has 33 heavy (non-hydrogen) atoms. The van der Waals surface area contributed by atoms with E-state index in [4.69, 9.17) is 4.74 Å². The number of carbonyl (C=O) groups excluding carboxylic acids is 2. The highest BCUT2D eigenvalue weighted by Gasteiger charge is 2.47. The van der Waals surface area contributed by atoms with Crippen LogP contribution in [0.4, 0.5) is 16.2 Å². The molecule has 1 fully saturated rings. The fraction of sp³-hybridized carbons (Fsp3) is 0.333. The third kappa shape index (κ3) is 4.19. The lowest BCUT2D eigenvalue weighted by atomic mass is 9.88. The van der Waals surface area contributed by atoms with Crippen LogP contribution in [0, 0.1) is 6.92 Å². The van der Waals surface area contributed by atoms with Gasteiger partial charge in [-0.3, -0.25) is 9.78 Å². The number of aromatic nitrogens is 3. The molecule has 3 amide bonds. The summed E-state index contributed by atoms with van der Waals surface area (Å²) in [4.78, 5) is 36.1. The van der Waals surface area contributed by atoms with E-state index in [1.807, 2.05) is 42.0 Å². The number of aryl methyl sites for hydroxylation is 1. The van der Waals surface area contributed by atoms with E-state index in [9.17, 15) is 9.59 Å². The highest BCUT2D eigenvalue weighted by atomic mass is 16.5. The molecule has 0 bridgehead atoms. The standard InChI is InChI=1S/C24H26N6O3/c1-17-4-2-3-5-19(17)28-23(32)29-13-8-24(9-14-29)22-26-12-15-30(22)16-20(33-24)21(31)27-18-6-10-25-11-7-18/h2-7,10-12,15,20H,8-9,13-14,16H2,1H3,(H,28,32)(H,25,27,31). The number of rotatable bonds is 3. The van der Waals surface area contributed by atoms with Gasteiger partial charge in [-0.1, -0.05) is 18.2 Å². The molecule has 4 heterocycles. The fourth-order valence-electron chi connectivity index (χ4n) is 4.51. The van der Waals surface area contributed by atoms with Crippen molar-refractivity contribution in [1.82, 2.24) is 19.4 Å². The number of likely N-dealkylation sites (tertiary alicyclic amines) is 1. The summed E-state index contributed by atoms with van der Waals surface area (Å²) in [6, 6.07) is 11.1. The molecule has 2 aliphatic rings. The molecular formula is C24H26N6O3. The van der Waals surface area contributed by atoms with E-state index in [2.05, 4.69) is 20.6 Å². The van der Waals surface area contributed by atoms with Crippen LogP contribution < -0.4 is 10.6 Å². The van der Waals surface area contributed by atoms with Gasteiger partial charge < -0.3 is 24.8 Å². The molecule has 1 spiro atoms. The van der Waals surface area contributed by atoms with Gasteiger partial charge in [0.2, 0.25) is 0 Å². The predicted molar refractivity (Wildman–Crippen MR) is 123 cm³/mol. The van der Waals surface area contributed by atoms with E-state index in [1.54, 1.807) is 35.6 Å². The van der Waals surface area contributed by atoms with Crippen LogP contribution in [0.1, 0.15) is 24.2 Å². The molecule has 1 aromatic carbocycles. The number of benzene rings is 1. The summed E-state index contributed by atoms with van der Waals surface area (Å²) in [5, 5.41) is 5.90. The normalized spacial score (nSPS) is 19.1. The Kier molecular flexibility index (Phi) is 5.55. The van der Waals surface area contributed by atoms with Crippen LogP contribution in [-0.2, 0) is 21.7 Å². The minimum atomic E-state index is -0.707. The fourth-order valence-corrected chi connectivity index (χ4v) is 4.51. The molecule has 3 aromatic rings. The maximum absolute atomic E-state index is 13.0. The molecule has 9 nitrogen and oxygen atoms in total. The molecule has 2 N–H and O–H groups in total. The number of anilines is 2. The van der Waals surface area contributed by atoms with Gasteiger partial charge in [0.1, 0.15) is 11.4 Å². The Labute approximate surface area is 191 Å². The molecule has 0 radical (unpaired) electrons. The van der Waals surface area contributed by atoms with Gasteiger partial charge in [0.05, 0.1) is 6.54 Å². The van der Waals surface area contributed by atoms with Gasteiger partial charge in [-0.05, 0) is 30.7 Å². The maximum Gasteiger partial charge on any atom is 0.321 e. The van der Waals surface area contributed by atoms with E-state index >= 15 is 0 Å². The highest BCUT2D eigenvalue weighted by Crippen LogP contribution is 2.40. The van der Waals surface area contributed by atoms with Crippen molar-refractivity contribution in [2.24, 2.45) is 0 Å². The van der Waals surface area contributed by atoms with Crippen LogP contribution in [0.5, 0.6) is 0 Å². The van der Waals surface area contributed by atoms with Crippen molar-refractivity contribution in [3.63, 3.8) is 0 Å². The van der Waals surface area contributed by atoms with Crippen molar-refractivity contribution < 1.29 is 14.3 Å². The lowest BCUT2D eigenvalue weighted by Gasteiger charge is -2.45. The molecule has 0 saturated carbocycles. The molecular weight excluding hydrogens is 420 g/mol. The summed E-state index contributed by atoms with van der Waals surface area (Å²) < 4.78 is 8.42. The lowest BCUT2D eigenvalue weighted by molar-refractivity contribution is -0.167. The molecule has 0 aliphatic carbocycles. The predicted octanol–water partition coefficient (Wildman–Crippen LogP) is 3.15. The van der Waals surface area contributed by atoms with Gasteiger partial charge in [0.15, 0.2) is 6.10 Å². The number of piperidine rings is 1. The van der Waals surface area contributed by atoms with Crippen molar-refractivity contribution in [3.05, 3.63) is 72.6 Å². The van der Waals surface area contributed by atoms with E-state index in [-0.39, 0.29) is 11.9 Å². The number of imidazole rings is 1. The van der Waals surface area contributed by atoms with Crippen LogP contribution in [-0.4, -0.2) is 50.6 Å². The van der Waals surface area contributed by atoms with E-state index in [0.29, 0.717) is 38.2 Å². The van der Waals surface area contributed by atoms with E-state index < -0.39 is 11.7 Å². The van der Waals surface area contributed by atoms with Gasteiger partial charge in [0.25, 0.3) is 5.91 Å². The second-order valence-corrected chi connectivity index (χ2v) is 8.46. The van der Waals surface area contributed by atoms with Crippen molar-refractivity contribution in [2.75, 3.05) is 23.7 Å². The number of urea groups is 1. The Morgan fingerprint density at radius 3 is 2.58 bits per heavy atom. The summed E-state index contributed by atoms with van der Waals surface area (Å²) in [7, 11) is 0. The number of carbonyl (C=O) groups is 2. The maximum atomic E-state index is 13.0. The number of amides is 3. The Bertz CT molecular complexity index is 1150. The first-order valence-electron chi connectivity index (χ1n) is 11.1. The number of hydrogen-bond donors (Lipinski definition) is 2. The molecule has 9 heteroatoms. The quantitative estimate of drug-likeness (QED) is 0.644. The lowest BCUT2D eigenvalue weighted by Crippen LogP contribution is -2.54. The number of ether oxygens (including phenoxy) is 1. The number of hydrogen-bond acceptors (Lipinski definition) is 5. The van der Waals surface area contributed by atoms with Crippen LogP contribution >= 0.6 is 0 Å². The van der Waals surface area contributed by atoms with Crippen molar-refractivity contribution in [1.29, 1.82) is 0 Å². The SMILES string of the molecule is Cc1ccccc1NC(=O)N1CCC2(CC1)OC(C(=O)Nc1ccncc1)Cn1ccnc12. The summed E-state index contributed by atoms with van der Waals surface area (Å²) >= 11 is 0. The number of nitrogens with one attached hydrogen (secondary N) is 2. The number of pyridine rings is 1. The summed E-state index contributed by atoms with van der Waals surface area (Å²) in [5.41, 5.74) is 1.79. The molecule has 1 atom stereocenters. The summed E-state index contributed by atoms with van der Waals surface area (Å²) in [5.74, 6) is 0.606. The van der Waals surface area contributed by atoms with Crippen LogP contribution in [0.15, 0.2) is 61.2 Å². The van der Waals surface area contributed by atoms with Crippen LogP contribution in [0.2, 0.25) is 0 Å². The van der Waals surface area contributed by atoms with Crippen molar-refractivity contribution in [2.45, 2.75) is 38.0 Å². The Balaban J connectivity index is 1.29. The van der Waals surface area contributed by atoms with Gasteiger partial charge in [-0.15, -0.1) is 0 Å². The van der Waals surface area contributed by atoms with Crippen LogP contribution in [0.3, 0.4) is 0 Å². The number of para-hydroxylation sites is 1. The molecule has 1 saturated heterocycles. The van der Waals surface area contributed by atoms with E-state index in [0.717, 1.165) is 17.1 Å². The third-order valence-electron chi connectivity index (χ3n) is 6.34. The topological polar surface area (TPSA) is 101 Å². The zero-order valence-corrected chi connectivity index (χ0v) is 18.4. The Morgan fingerprint density at radius 1 is 1.06 bits per heavy atom. The largest absolute Gasteiger partial charge is 0.352 e. The first-order valence-corrected chi connectivity index (χ1v) is 11.1.